The van der Waals surface area contributed by atoms with Crippen molar-refractivity contribution in [1.29, 1.82) is 0 Å². The number of anilines is 1. The summed E-state index contributed by atoms with van der Waals surface area (Å²) in [5, 5.41) is 13.4. The Morgan fingerprint density at radius 3 is 2.79 bits per heavy atom. The van der Waals surface area contributed by atoms with Gasteiger partial charge in [-0.1, -0.05) is 11.6 Å². The molecule has 2 N–H and O–H groups in total. The molecule has 3 nitrogen and oxygen atoms in total. The van der Waals surface area contributed by atoms with E-state index in [0.717, 1.165) is 18.7 Å². The fraction of sp³-hybridized carbons (Fsp3) is 0.600. The summed E-state index contributed by atoms with van der Waals surface area (Å²) in [7, 11) is 0. The Morgan fingerprint density at radius 2 is 2.11 bits per heavy atom. The number of rotatable bonds is 3. The average Bonchev–Trinajstić information content (AvgIpc) is 2.59. The molecule has 1 atom stereocenters. The first kappa shape index (κ1) is 14.5. The van der Waals surface area contributed by atoms with E-state index in [2.05, 4.69) is 24.1 Å². The number of benzene rings is 1. The third kappa shape index (κ3) is 4.02. The number of phenols is 1. The Labute approximate surface area is 120 Å². The lowest BCUT2D eigenvalue weighted by Crippen LogP contribution is -2.32. The molecule has 0 saturated carbocycles. The Hall–Kier alpha value is -0.930. The summed E-state index contributed by atoms with van der Waals surface area (Å²) in [6.07, 6.45) is 3.56. The minimum absolute atomic E-state index is 0.138. The second-order valence-corrected chi connectivity index (χ2v) is 5.98. The van der Waals surface area contributed by atoms with Crippen molar-refractivity contribution in [3.63, 3.8) is 0 Å². The molecule has 1 heterocycles. The zero-order chi connectivity index (χ0) is 13.8. The van der Waals surface area contributed by atoms with E-state index in [1.165, 1.54) is 19.4 Å². The standard InChI is InChI=1S/C15H23ClN2O/c1-11(2)18-8-3-4-12(7-9-18)17-13-5-6-15(19)14(16)10-13/h5-6,10-12,17,19H,3-4,7-9H2,1-2H3. The Kier molecular flexibility index (Phi) is 4.94. The highest BCUT2D eigenvalue weighted by molar-refractivity contribution is 6.32. The molecule has 0 spiro atoms. The summed E-state index contributed by atoms with van der Waals surface area (Å²) in [5.74, 6) is 0.138. The maximum atomic E-state index is 9.42. The predicted molar refractivity (Wildman–Crippen MR) is 81.1 cm³/mol. The maximum Gasteiger partial charge on any atom is 0.134 e. The van der Waals surface area contributed by atoms with E-state index in [-0.39, 0.29) is 5.75 Å². The normalized spacial score (nSPS) is 21.4. The van der Waals surface area contributed by atoms with Gasteiger partial charge in [-0.2, -0.15) is 0 Å². The first-order valence-electron chi connectivity index (χ1n) is 7.05. The highest BCUT2D eigenvalue weighted by Crippen LogP contribution is 2.27. The van der Waals surface area contributed by atoms with Gasteiger partial charge in [-0.25, -0.2) is 0 Å². The highest BCUT2D eigenvalue weighted by atomic mass is 35.5. The molecule has 0 aromatic heterocycles. The second kappa shape index (κ2) is 6.49. The highest BCUT2D eigenvalue weighted by Gasteiger charge is 2.18. The van der Waals surface area contributed by atoms with Crippen molar-refractivity contribution in [3.8, 4) is 5.75 Å². The summed E-state index contributed by atoms with van der Waals surface area (Å²) in [6, 6.07) is 6.43. The van der Waals surface area contributed by atoms with E-state index < -0.39 is 0 Å². The van der Waals surface area contributed by atoms with Crippen LogP contribution in [-0.4, -0.2) is 35.2 Å². The first-order valence-corrected chi connectivity index (χ1v) is 7.43. The summed E-state index contributed by atoms with van der Waals surface area (Å²) >= 11 is 5.93. The molecule has 0 bridgehead atoms. The molecule has 1 fully saturated rings. The fourth-order valence-electron chi connectivity index (χ4n) is 2.61. The molecule has 0 aliphatic carbocycles. The van der Waals surface area contributed by atoms with Gasteiger partial charge in [0.1, 0.15) is 5.75 Å². The molecule has 1 aromatic rings. The first-order chi connectivity index (χ1) is 9.06. The van der Waals surface area contributed by atoms with Crippen LogP contribution < -0.4 is 5.32 Å². The Bertz CT molecular complexity index is 423. The summed E-state index contributed by atoms with van der Waals surface area (Å²) in [5.41, 5.74) is 0.991. The van der Waals surface area contributed by atoms with Crippen molar-refractivity contribution < 1.29 is 5.11 Å². The van der Waals surface area contributed by atoms with Gasteiger partial charge in [0.2, 0.25) is 0 Å². The number of phenolic OH excluding ortho intramolecular Hbond substituents is 1. The van der Waals surface area contributed by atoms with E-state index >= 15 is 0 Å². The van der Waals surface area contributed by atoms with E-state index in [9.17, 15) is 5.11 Å². The zero-order valence-corrected chi connectivity index (χ0v) is 12.5. The van der Waals surface area contributed by atoms with Crippen LogP contribution in [-0.2, 0) is 0 Å². The SMILES string of the molecule is CC(C)N1CCCC(Nc2ccc(O)c(Cl)c2)CC1. The van der Waals surface area contributed by atoms with Crippen LogP contribution in [0.25, 0.3) is 0 Å². The second-order valence-electron chi connectivity index (χ2n) is 5.57. The molecule has 106 valence electrons. The van der Waals surface area contributed by atoms with Crippen LogP contribution in [0.1, 0.15) is 33.1 Å². The number of likely N-dealkylation sites (tertiary alicyclic amines) is 1. The Morgan fingerprint density at radius 1 is 1.32 bits per heavy atom. The number of hydrogen-bond acceptors (Lipinski definition) is 3. The molecule has 1 aliphatic rings. The number of nitrogens with one attached hydrogen (secondary N) is 1. The molecule has 1 aliphatic heterocycles. The Balaban J connectivity index is 1.94. The lowest BCUT2D eigenvalue weighted by molar-refractivity contribution is 0.230. The quantitative estimate of drug-likeness (QED) is 0.830. The molecule has 2 rings (SSSR count). The van der Waals surface area contributed by atoms with Crippen LogP contribution in [0.3, 0.4) is 0 Å². The topological polar surface area (TPSA) is 35.5 Å². The zero-order valence-electron chi connectivity index (χ0n) is 11.7. The van der Waals surface area contributed by atoms with Crippen LogP contribution in [0.2, 0.25) is 5.02 Å². The minimum Gasteiger partial charge on any atom is -0.506 e. The third-order valence-electron chi connectivity index (χ3n) is 3.81. The largest absolute Gasteiger partial charge is 0.506 e. The van der Waals surface area contributed by atoms with Crippen LogP contribution in [0.4, 0.5) is 5.69 Å². The lowest BCUT2D eigenvalue weighted by Gasteiger charge is -2.24. The van der Waals surface area contributed by atoms with Gasteiger partial charge in [-0.15, -0.1) is 0 Å². The van der Waals surface area contributed by atoms with E-state index in [4.69, 9.17) is 11.6 Å². The van der Waals surface area contributed by atoms with Crippen molar-refractivity contribution in [2.75, 3.05) is 18.4 Å². The molecule has 0 radical (unpaired) electrons. The smallest absolute Gasteiger partial charge is 0.134 e. The van der Waals surface area contributed by atoms with Crippen molar-refractivity contribution in [2.24, 2.45) is 0 Å². The van der Waals surface area contributed by atoms with Gasteiger partial charge >= 0.3 is 0 Å². The van der Waals surface area contributed by atoms with Crippen LogP contribution in [0.15, 0.2) is 18.2 Å². The molecular weight excluding hydrogens is 260 g/mol. The van der Waals surface area contributed by atoms with Crippen LogP contribution in [0.5, 0.6) is 5.75 Å². The van der Waals surface area contributed by atoms with Crippen molar-refractivity contribution in [1.82, 2.24) is 4.90 Å². The van der Waals surface area contributed by atoms with Crippen molar-refractivity contribution in [3.05, 3.63) is 23.2 Å². The van der Waals surface area contributed by atoms with E-state index in [1.807, 2.05) is 6.07 Å². The summed E-state index contributed by atoms with van der Waals surface area (Å²) < 4.78 is 0. The molecule has 1 aromatic carbocycles. The predicted octanol–water partition coefficient (Wildman–Crippen LogP) is 3.72. The van der Waals surface area contributed by atoms with Gasteiger partial charge in [0.05, 0.1) is 5.02 Å². The summed E-state index contributed by atoms with van der Waals surface area (Å²) in [4.78, 5) is 2.53. The number of nitrogens with zero attached hydrogens (tertiary/aromatic N) is 1. The molecule has 4 heteroatoms. The average molecular weight is 283 g/mol. The van der Waals surface area contributed by atoms with Gasteiger partial charge in [0, 0.05) is 24.3 Å². The van der Waals surface area contributed by atoms with Gasteiger partial charge in [-0.3, -0.25) is 0 Å². The van der Waals surface area contributed by atoms with Gasteiger partial charge in [0.15, 0.2) is 0 Å². The third-order valence-corrected chi connectivity index (χ3v) is 4.11. The molecule has 1 saturated heterocycles. The maximum absolute atomic E-state index is 9.42. The summed E-state index contributed by atoms with van der Waals surface area (Å²) in [6.45, 7) is 6.84. The van der Waals surface area contributed by atoms with Crippen LogP contribution in [0, 0.1) is 0 Å². The van der Waals surface area contributed by atoms with Gasteiger partial charge in [0.25, 0.3) is 0 Å². The fourth-order valence-corrected chi connectivity index (χ4v) is 2.79. The van der Waals surface area contributed by atoms with E-state index in [0.29, 0.717) is 17.1 Å². The minimum atomic E-state index is 0.138. The van der Waals surface area contributed by atoms with Gasteiger partial charge in [-0.05, 0) is 57.9 Å². The van der Waals surface area contributed by atoms with Crippen LogP contribution >= 0.6 is 11.6 Å². The number of hydrogen-bond donors (Lipinski definition) is 2. The van der Waals surface area contributed by atoms with E-state index in [1.54, 1.807) is 12.1 Å². The number of aromatic hydroxyl groups is 1. The van der Waals surface area contributed by atoms with Gasteiger partial charge < -0.3 is 15.3 Å². The monoisotopic (exact) mass is 282 g/mol. The number of halogens is 1. The lowest BCUT2D eigenvalue weighted by atomic mass is 10.1. The van der Waals surface area contributed by atoms with Crippen molar-refractivity contribution in [2.45, 2.75) is 45.2 Å². The molecule has 0 amide bonds. The molecule has 1 unspecified atom stereocenters. The molecule has 19 heavy (non-hydrogen) atoms. The van der Waals surface area contributed by atoms with Crippen molar-refractivity contribution >= 4 is 17.3 Å². The molecular formula is C15H23ClN2O.